The lowest BCUT2D eigenvalue weighted by Gasteiger charge is -2.14. The van der Waals surface area contributed by atoms with Gasteiger partial charge in [0.1, 0.15) is 5.75 Å². The van der Waals surface area contributed by atoms with Gasteiger partial charge in [-0.3, -0.25) is 0 Å². The third kappa shape index (κ3) is 4.29. The van der Waals surface area contributed by atoms with Gasteiger partial charge in [-0.1, -0.05) is 15.9 Å². The van der Waals surface area contributed by atoms with Crippen molar-refractivity contribution in [3.8, 4) is 5.75 Å². The molecule has 1 rings (SSSR count). The molecular weight excluding hydrogens is 293 g/mol. The van der Waals surface area contributed by atoms with Crippen molar-refractivity contribution in [1.29, 1.82) is 0 Å². The number of aliphatic hydroxyl groups excluding tert-OH is 1. The van der Waals surface area contributed by atoms with Gasteiger partial charge in [-0.25, -0.2) is 0 Å². The summed E-state index contributed by atoms with van der Waals surface area (Å²) in [6, 6.07) is 5.66. The van der Waals surface area contributed by atoms with Gasteiger partial charge in [0.2, 0.25) is 0 Å². The van der Waals surface area contributed by atoms with E-state index >= 15 is 0 Å². The maximum atomic E-state index is 8.74. The summed E-state index contributed by atoms with van der Waals surface area (Å²) in [7, 11) is 1.63. The first-order valence-electron chi connectivity index (χ1n) is 4.89. The van der Waals surface area contributed by atoms with Crippen LogP contribution in [0, 0.1) is 0 Å². The van der Waals surface area contributed by atoms with Gasteiger partial charge in [0, 0.05) is 17.1 Å². The van der Waals surface area contributed by atoms with Gasteiger partial charge in [-0.15, -0.1) is 12.4 Å². The van der Waals surface area contributed by atoms with E-state index in [1.54, 1.807) is 7.11 Å². The highest BCUT2D eigenvalue weighted by atomic mass is 79.9. The number of rotatable bonds is 5. The minimum Gasteiger partial charge on any atom is -0.497 e. The lowest BCUT2D eigenvalue weighted by molar-refractivity contribution is 0.280. The Labute approximate surface area is 111 Å². The van der Waals surface area contributed by atoms with Crippen LogP contribution in [0.25, 0.3) is 0 Å². The first-order chi connectivity index (χ1) is 7.19. The SMILES string of the molecule is COc1ccc(Br)c([C@@H](N)CCCO)c1.Cl. The lowest BCUT2D eigenvalue weighted by Crippen LogP contribution is -2.11. The Hall–Kier alpha value is -0.290. The molecule has 0 aliphatic carbocycles. The molecule has 0 bridgehead atoms. The second kappa shape index (κ2) is 7.90. The normalized spacial score (nSPS) is 11.8. The molecule has 92 valence electrons. The van der Waals surface area contributed by atoms with Gasteiger partial charge < -0.3 is 15.6 Å². The Kier molecular flexibility index (Phi) is 7.76. The molecule has 0 amide bonds. The zero-order valence-corrected chi connectivity index (χ0v) is 11.6. The maximum Gasteiger partial charge on any atom is 0.119 e. The van der Waals surface area contributed by atoms with Crippen LogP contribution in [-0.2, 0) is 0 Å². The standard InChI is InChI=1S/C11H16BrNO2.ClH/c1-15-8-4-5-10(12)9(7-8)11(13)3-2-6-14;/h4-5,7,11,14H,2-3,6,13H2,1H3;1H/t11-;/m0./s1. The predicted octanol–water partition coefficient (Wildman–Crippen LogP) is 2.65. The summed E-state index contributed by atoms with van der Waals surface area (Å²) in [5.41, 5.74) is 7.03. The van der Waals surface area contributed by atoms with E-state index in [-0.39, 0.29) is 25.1 Å². The van der Waals surface area contributed by atoms with Gasteiger partial charge in [0.25, 0.3) is 0 Å². The molecule has 5 heteroatoms. The Morgan fingerprint density at radius 1 is 1.50 bits per heavy atom. The topological polar surface area (TPSA) is 55.5 Å². The zero-order chi connectivity index (χ0) is 11.3. The number of halogens is 2. The monoisotopic (exact) mass is 309 g/mol. The minimum atomic E-state index is -0.0679. The first-order valence-corrected chi connectivity index (χ1v) is 5.68. The van der Waals surface area contributed by atoms with Crippen LogP contribution in [0.3, 0.4) is 0 Å². The van der Waals surface area contributed by atoms with Gasteiger partial charge in [0.15, 0.2) is 0 Å². The van der Waals surface area contributed by atoms with Crippen LogP contribution in [-0.4, -0.2) is 18.8 Å². The highest BCUT2D eigenvalue weighted by molar-refractivity contribution is 9.10. The molecule has 0 saturated carbocycles. The van der Waals surface area contributed by atoms with Gasteiger partial charge in [-0.05, 0) is 36.6 Å². The fourth-order valence-corrected chi connectivity index (χ4v) is 1.94. The van der Waals surface area contributed by atoms with Crippen LogP contribution in [0.4, 0.5) is 0 Å². The molecule has 0 aliphatic heterocycles. The molecule has 1 aromatic carbocycles. The van der Waals surface area contributed by atoms with Crippen molar-refractivity contribution in [1.82, 2.24) is 0 Å². The average Bonchev–Trinajstić information content (AvgIpc) is 2.26. The summed E-state index contributed by atoms with van der Waals surface area (Å²) in [6.07, 6.45) is 1.48. The summed E-state index contributed by atoms with van der Waals surface area (Å²) in [5.74, 6) is 0.799. The van der Waals surface area contributed by atoms with E-state index in [9.17, 15) is 0 Å². The molecule has 0 unspecified atom stereocenters. The van der Waals surface area contributed by atoms with Crippen molar-refractivity contribution in [2.45, 2.75) is 18.9 Å². The number of hydrogen-bond donors (Lipinski definition) is 2. The minimum absolute atomic E-state index is 0. The highest BCUT2D eigenvalue weighted by Crippen LogP contribution is 2.28. The number of hydrogen-bond acceptors (Lipinski definition) is 3. The number of nitrogens with two attached hydrogens (primary N) is 1. The van der Waals surface area contributed by atoms with Gasteiger partial charge in [-0.2, -0.15) is 0 Å². The van der Waals surface area contributed by atoms with E-state index in [0.717, 1.165) is 22.2 Å². The second-order valence-corrected chi connectivity index (χ2v) is 4.21. The number of ether oxygens (including phenoxy) is 1. The highest BCUT2D eigenvalue weighted by Gasteiger charge is 2.10. The molecule has 0 radical (unpaired) electrons. The maximum absolute atomic E-state index is 8.74. The van der Waals surface area contributed by atoms with E-state index in [1.807, 2.05) is 18.2 Å². The average molecular weight is 311 g/mol. The van der Waals surface area contributed by atoms with Gasteiger partial charge in [0.05, 0.1) is 7.11 Å². The van der Waals surface area contributed by atoms with Crippen molar-refractivity contribution in [2.24, 2.45) is 5.73 Å². The molecule has 0 aromatic heterocycles. The second-order valence-electron chi connectivity index (χ2n) is 3.36. The Balaban J connectivity index is 0.00000225. The summed E-state index contributed by atoms with van der Waals surface area (Å²) in [6.45, 7) is 0.176. The summed E-state index contributed by atoms with van der Waals surface area (Å²) < 4.78 is 6.12. The summed E-state index contributed by atoms with van der Waals surface area (Å²) in [5, 5.41) is 8.74. The van der Waals surface area contributed by atoms with Crippen molar-refractivity contribution < 1.29 is 9.84 Å². The smallest absolute Gasteiger partial charge is 0.119 e. The molecular formula is C11H17BrClNO2. The fourth-order valence-electron chi connectivity index (χ4n) is 1.40. The third-order valence-electron chi connectivity index (χ3n) is 2.28. The quantitative estimate of drug-likeness (QED) is 0.879. The van der Waals surface area contributed by atoms with E-state index in [2.05, 4.69) is 15.9 Å². The van der Waals surface area contributed by atoms with E-state index in [0.29, 0.717) is 6.42 Å². The predicted molar refractivity (Wildman–Crippen MR) is 71.2 cm³/mol. The van der Waals surface area contributed by atoms with E-state index in [4.69, 9.17) is 15.6 Å². The van der Waals surface area contributed by atoms with Crippen molar-refractivity contribution in [3.05, 3.63) is 28.2 Å². The van der Waals surface area contributed by atoms with Crippen LogP contribution in [0.1, 0.15) is 24.4 Å². The van der Waals surface area contributed by atoms with Crippen molar-refractivity contribution >= 4 is 28.3 Å². The Morgan fingerprint density at radius 3 is 2.75 bits per heavy atom. The lowest BCUT2D eigenvalue weighted by atomic mass is 10.0. The molecule has 0 heterocycles. The van der Waals surface area contributed by atoms with Crippen LogP contribution in [0.5, 0.6) is 5.75 Å². The number of methoxy groups -OCH3 is 1. The molecule has 1 atom stereocenters. The Bertz CT molecular complexity index is 323. The molecule has 0 saturated heterocycles. The largest absolute Gasteiger partial charge is 0.497 e. The molecule has 3 N–H and O–H groups in total. The zero-order valence-electron chi connectivity index (χ0n) is 9.15. The molecule has 16 heavy (non-hydrogen) atoms. The Morgan fingerprint density at radius 2 is 2.19 bits per heavy atom. The van der Waals surface area contributed by atoms with Crippen LogP contribution in [0.2, 0.25) is 0 Å². The molecule has 3 nitrogen and oxygen atoms in total. The molecule has 0 fully saturated rings. The number of aliphatic hydroxyl groups is 1. The molecule has 1 aromatic rings. The summed E-state index contributed by atoms with van der Waals surface area (Å²) in [4.78, 5) is 0. The fraction of sp³-hybridized carbons (Fsp3) is 0.455. The van der Waals surface area contributed by atoms with E-state index in [1.165, 1.54) is 0 Å². The van der Waals surface area contributed by atoms with Crippen molar-refractivity contribution in [2.75, 3.05) is 13.7 Å². The van der Waals surface area contributed by atoms with Crippen LogP contribution < -0.4 is 10.5 Å². The molecule has 0 spiro atoms. The third-order valence-corrected chi connectivity index (χ3v) is 3.00. The molecule has 0 aliphatic rings. The van der Waals surface area contributed by atoms with Gasteiger partial charge >= 0.3 is 0 Å². The van der Waals surface area contributed by atoms with Crippen LogP contribution >= 0.6 is 28.3 Å². The summed E-state index contributed by atoms with van der Waals surface area (Å²) >= 11 is 3.45. The van der Waals surface area contributed by atoms with E-state index < -0.39 is 0 Å². The van der Waals surface area contributed by atoms with Crippen LogP contribution in [0.15, 0.2) is 22.7 Å². The van der Waals surface area contributed by atoms with Crippen molar-refractivity contribution in [3.63, 3.8) is 0 Å². The number of benzene rings is 1. The first kappa shape index (κ1) is 15.7.